The van der Waals surface area contributed by atoms with Crippen molar-refractivity contribution in [3.05, 3.63) is 0 Å². The molecular formula is C7H9N3O3. The van der Waals surface area contributed by atoms with Gasteiger partial charge in [0.25, 0.3) is 0 Å². The van der Waals surface area contributed by atoms with E-state index in [1.54, 1.807) is 0 Å². The number of carboxylic acids is 1. The molecular weight excluding hydrogens is 174 g/mol. The minimum Gasteiger partial charge on any atom is -0.480 e. The van der Waals surface area contributed by atoms with Crippen LogP contribution in [0.2, 0.25) is 0 Å². The molecule has 1 aliphatic heterocycles. The minimum atomic E-state index is -1.02. The van der Waals surface area contributed by atoms with Crippen molar-refractivity contribution in [3.63, 3.8) is 0 Å². The van der Waals surface area contributed by atoms with Crippen molar-refractivity contribution in [2.45, 2.75) is 6.04 Å². The van der Waals surface area contributed by atoms with Crippen LogP contribution in [-0.4, -0.2) is 47.6 Å². The highest BCUT2D eigenvalue weighted by Crippen LogP contribution is 2.02. The van der Waals surface area contributed by atoms with Crippen LogP contribution in [0.15, 0.2) is 0 Å². The fourth-order valence-corrected chi connectivity index (χ4v) is 1.19. The second-order valence-electron chi connectivity index (χ2n) is 2.72. The summed E-state index contributed by atoms with van der Waals surface area (Å²) in [4.78, 5) is 22.8. The van der Waals surface area contributed by atoms with E-state index in [4.69, 9.17) is 10.4 Å². The molecule has 1 unspecified atom stereocenters. The molecule has 0 spiro atoms. The van der Waals surface area contributed by atoms with E-state index >= 15 is 0 Å². The Morgan fingerprint density at radius 2 is 2.54 bits per heavy atom. The van der Waals surface area contributed by atoms with Gasteiger partial charge in [0.15, 0.2) is 0 Å². The Bertz CT molecular complexity index is 271. The Balaban J connectivity index is 2.66. The summed E-state index contributed by atoms with van der Waals surface area (Å²) in [5.74, 6) is -1.26. The van der Waals surface area contributed by atoms with Gasteiger partial charge in [-0.2, -0.15) is 5.26 Å². The number of hydrogen-bond acceptors (Lipinski definition) is 4. The van der Waals surface area contributed by atoms with Crippen molar-refractivity contribution in [1.29, 1.82) is 5.26 Å². The zero-order valence-electron chi connectivity index (χ0n) is 6.86. The number of carbonyl (C=O) groups is 2. The van der Waals surface area contributed by atoms with Crippen molar-refractivity contribution in [2.75, 3.05) is 19.6 Å². The molecule has 1 heterocycles. The summed E-state index contributed by atoms with van der Waals surface area (Å²) in [6, 6.07) is 1.05. The molecule has 1 fully saturated rings. The summed E-state index contributed by atoms with van der Waals surface area (Å²) in [5, 5.41) is 19.5. The first-order chi connectivity index (χ1) is 6.15. The standard InChI is InChI=1S/C7H9N3O3/c8-1-2-10-4-6(11)9-3-5(10)7(12)13/h5H,2-4H2,(H,9,11)(H,12,13). The molecule has 13 heavy (non-hydrogen) atoms. The van der Waals surface area contributed by atoms with E-state index in [-0.39, 0.29) is 25.5 Å². The highest BCUT2D eigenvalue weighted by atomic mass is 16.4. The summed E-state index contributed by atoms with van der Waals surface area (Å²) >= 11 is 0. The van der Waals surface area contributed by atoms with Gasteiger partial charge in [-0.3, -0.25) is 14.5 Å². The van der Waals surface area contributed by atoms with Crippen LogP contribution in [0.1, 0.15) is 0 Å². The predicted octanol–water partition coefficient (Wildman–Crippen LogP) is -1.61. The molecule has 0 radical (unpaired) electrons. The number of carboxylic acid groups (broad SMARTS) is 1. The molecule has 1 saturated heterocycles. The average molecular weight is 183 g/mol. The van der Waals surface area contributed by atoms with Crippen LogP contribution in [0.25, 0.3) is 0 Å². The van der Waals surface area contributed by atoms with Gasteiger partial charge in [-0.15, -0.1) is 0 Å². The first-order valence-electron chi connectivity index (χ1n) is 3.75. The van der Waals surface area contributed by atoms with Gasteiger partial charge >= 0.3 is 5.97 Å². The van der Waals surface area contributed by atoms with Crippen molar-refractivity contribution in [1.82, 2.24) is 10.2 Å². The lowest BCUT2D eigenvalue weighted by molar-refractivity contribution is -0.145. The minimum absolute atomic E-state index is 0.0233. The maximum absolute atomic E-state index is 10.9. The van der Waals surface area contributed by atoms with Gasteiger partial charge in [0.1, 0.15) is 6.04 Å². The third-order valence-electron chi connectivity index (χ3n) is 1.84. The Morgan fingerprint density at radius 1 is 1.85 bits per heavy atom. The van der Waals surface area contributed by atoms with Crippen LogP contribution in [-0.2, 0) is 9.59 Å². The topological polar surface area (TPSA) is 93.4 Å². The fourth-order valence-electron chi connectivity index (χ4n) is 1.19. The average Bonchev–Trinajstić information content (AvgIpc) is 2.04. The molecule has 6 nitrogen and oxygen atoms in total. The van der Waals surface area contributed by atoms with Gasteiger partial charge in [0, 0.05) is 6.54 Å². The molecule has 6 heteroatoms. The number of nitriles is 1. The summed E-state index contributed by atoms with van der Waals surface area (Å²) in [5.41, 5.74) is 0. The summed E-state index contributed by atoms with van der Waals surface area (Å²) in [6.07, 6.45) is 0. The Labute approximate surface area is 74.7 Å². The summed E-state index contributed by atoms with van der Waals surface area (Å²) in [6.45, 7) is 0.00472. The molecule has 0 aromatic carbocycles. The number of piperazine rings is 1. The lowest BCUT2D eigenvalue weighted by Crippen LogP contribution is -2.57. The van der Waals surface area contributed by atoms with E-state index in [2.05, 4.69) is 5.32 Å². The molecule has 0 aromatic heterocycles. The van der Waals surface area contributed by atoms with E-state index in [1.165, 1.54) is 4.90 Å². The van der Waals surface area contributed by atoms with Crippen LogP contribution in [0.3, 0.4) is 0 Å². The SMILES string of the molecule is N#CCN1CC(=O)NCC1C(=O)O. The molecule has 70 valence electrons. The van der Waals surface area contributed by atoms with Crippen LogP contribution >= 0.6 is 0 Å². The third kappa shape index (κ3) is 2.16. The number of nitrogens with zero attached hydrogens (tertiary/aromatic N) is 2. The molecule has 1 atom stereocenters. The number of carbonyl (C=O) groups excluding carboxylic acids is 1. The van der Waals surface area contributed by atoms with Crippen LogP contribution < -0.4 is 5.32 Å². The molecule has 1 rings (SSSR count). The Morgan fingerprint density at radius 3 is 3.08 bits per heavy atom. The third-order valence-corrected chi connectivity index (χ3v) is 1.84. The number of aliphatic carboxylic acids is 1. The molecule has 0 aromatic rings. The van der Waals surface area contributed by atoms with Crippen molar-refractivity contribution >= 4 is 11.9 Å². The van der Waals surface area contributed by atoms with E-state index in [1.807, 2.05) is 6.07 Å². The zero-order chi connectivity index (χ0) is 9.84. The van der Waals surface area contributed by atoms with Crippen molar-refractivity contribution in [2.24, 2.45) is 0 Å². The van der Waals surface area contributed by atoms with E-state index in [0.29, 0.717) is 0 Å². The van der Waals surface area contributed by atoms with Gasteiger partial charge < -0.3 is 10.4 Å². The zero-order valence-corrected chi connectivity index (χ0v) is 6.86. The van der Waals surface area contributed by atoms with Gasteiger partial charge in [0.2, 0.25) is 5.91 Å². The van der Waals surface area contributed by atoms with Crippen molar-refractivity contribution < 1.29 is 14.7 Å². The Hall–Kier alpha value is -1.61. The number of amides is 1. The van der Waals surface area contributed by atoms with Crippen LogP contribution in [0.5, 0.6) is 0 Å². The van der Waals surface area contributed by atoms with Gasteiger partial charge in [-0.1, -0.05) is 0 Å². The molecule has 0 saturated carbocycles. The monoisotopic (exact) mass is 183 g/mol. The highest BCUT2D eigenvalue weighted by molar-refractivity contribution is 5.83. The maximum atomic E-state index is 10.9. The van der Waals surface area contributed by atoms with Gasteiger partial charge in [0.05, 0.1) is 19.2 Å². The first-order valence-corrected chi connectivity index (χ1v) is 3.75. The van der Waals surface area contributed by atoms with Crippen LogP contribution in [0.4, 0.5) is 0 Å². The molecule has 1 aliphatic rings. The second-order valence-corrected chi connectivity index (χ2v) is 2.72. The largest absolute Gasteiger partial charge is 0.480 e. The number of nitrogens with one attached hydrogen (secondary N) is 1. The molecule has 1 amide bonds. The second kappa shape index (κ2) is 3.87. The maximum Gasteiger partial charge on any atom is 0.322 e. The normalized spacial score (nSPS) is 23.3. The van der Waals surface area contributed by atoms with E-state index in [0.717, 1.165) is 0 Å². The lowest BCUT2D eigenvalue weighted by atomic mass is 10.2. The number of hydrogen-bond donors (Lipinski definition) is 2. The van der Waals surface area contributed by atoms with Gasteiger partial charge in [-0.05, 0) is 0 Å². The lowest BCUT2D eigenvalue weighted by Gasteiger charge is -2.30. The highest BCUT2D eigenvalue weighted by Gasteiger charge is 2.31. The fraction of sp³-hybridized carbons (Fsp3) is 0.571. The van der Waals surface area contributed by atoms with Crippen LogP contribution in [0, 0.1) is 11.3 Å². The number of rotatable bonds is 2. The van der Waals surface area contributed by atoms with E-state index < -0.39 is 12.0 Å². The predicted molar refractivity (Wildman–Crippen MR) is 41.6 cm³/mol. The summed E-state index contributed by atoms with van der Waals surface area (Å²) < 4.78 is 0. The van der Waals surface area contributed by atoms with Crippen molar-refractivity contribution in [3.8, 4) is 6.07 Å². The molecule has 0 bridgehead atoms. The van der Waals surface area contributed by atoms with Gasteiger partial charge in [-0.25, -0.2) is 0 Å². The smallest absolute Gasteiger partial charge is 0.322 e. The quantitative estimate of drug-likeness (QED) is 0.502. The molecule has 0 aliphatic carbocycles. The Kier molecular flexibility index (Phi) is 2.82. The first kappa shape index (κ1) is 9.48. The van der Waals surface area contributed by atoms with E-state index in [9.17, 15) is 9.59 Å². The molecule has 2 N–H and O–H groups in total. The summed E-state index contributed by atoms with van der Waals surface area (Å²) in [7, 11) is 0.